The lowest BCUT2D eigenvalue weighted by Crippen LogP contribution is -2.09. The van der Waals surface area contributed by atoms with Crippen molar-refractivity contribution in [1.82, 2.24) is 15.3 Å². The van der Waals surface area contributed by atoms with Crippen LogP contribution in [0, 0.1) is 0 Å². The van der Waals surface area contributed by atoms with E-state index in [0.29, 0.717) is 18.0 Å². The number of carbonyl (C=O) groups excluding carboxylic acids is 1. The first-order chi connectivity index (χ1) is 7.83. The summed E-state index contributed by atoms with van der Waals surface area (Å²) in [6.45, 7) is 0.556. The Morgan fingerprint density at radius 1 is 1.35 bits per heavy atom. The highest BCUT2D eigenvalue weighted by Crippen LogP contribution is 2.08. The van der Waals surface area contributed by atoms with E-state index in [1.54, 1.807) is 30.9 Å². The van der Waals surface area contributed by atoms with Crippen LogP contribution in [0.4, 0.5) is 0 Å². The summed E-state index contributed by atoms with van der Waals surface area (Å²) in [5, 5.41) is 3.27. The van der Waals surface area contributed by atoms with Gasteiger partial charge < -0.3 is 10.3 Å². The number of rotatable bonds is 3. The number of benzene rings is 1. The molecule has 0 fully saturated rings. The molecule has 0 aliphatic carbocycles. The molecular weight excluding hydrogens is 261 g/mol. The maximum absolute atomic E-state index is 9.91. The summed E-state index contributed by atoms with van der Waals surface area (Å²) in [6.07, 6.45) is 5.76. The van der Waals surface area contributed by atoms with Crippen LogP contribution in [0.25, 0.3) is 0 Å². The van der Waals surface area contributed by atoms with Gasteiger partial charge in [0, 0.05) is 24.0 Å². The molecule has 1 aromatic heterocycles. The third-order valence-electron chi connectivity index (χ3n) is 1.71. The molecule has 1 aromatic carbocycles. The van der Waals surface area contributed by atoms with Crippen molar-refractivity contribution >= 4 is 30.4 Å². The van der Waals surface area contributed by atoms with Crippen molar-refractivity contribution in [2.24, 2.45) is 0 Å². The number of hydrogen-bond acceptors (Lipinski definition) is 2. The Kier molecular flexibility index (Phi) is 8.82. The standard InChI is InChI=1S/C8H8ClNO.C3H4N2.ClH/c9-8-3-1-7(2-4-8)5-10-6-11;1-2-5-3-4-1;/h1-4,6H,5H2,(H,10,11);1-3H,(H,4,5);1H. The average Bonchev–Trinajstić information content (AvgIpc) is 2.87. The molecule has 0 aliphatic heterocycles. The van der Waals surface area contributed by atoms with Gasteiger partial charge in [-0.15, -0.1) is 12.4 Å². The number of hydrogen-bond donors (Lipinski definition) is 2. The van der Waals surface area contributed by atoms with E-state index in [4.69, 9.17) is 11.6 Å². The van der Waals surface area contributed by atoms with E-state index in [1.165, 1.54) is 0 Å². The topological polar surface area (TPSA) is 57.8 Å². The van der Waals surface area contributed by atoms with E-state index in [-0.39, 0.29) is 12.4 Å². The van der Waals surface area contributed by atoms with E-state index in [1.807, 2.05) is 12.1 Å². The SMILES string of the molecule is Cl.O=CNCc1ccc(Cl)cc1.c1c[nH]cn1. The van der Waals surface area contributed by atoms with Crippen molar-refractivity contribution in [2.45, 2.75) is 6.54 Å². The number of imidazole rings is 1. The van der Waals surface area contributed by atoms with E-state index in [2.05, 4.69) is 15.3 Å². The fourth-order valence-electron chi connectivity index (χ4n) is 0.977. The Morgan fingerprint density at radius 3 is 2.47 bits per heavy atom. The van der Waals surface area contributed by atoms with Crippen LogP contribution in [-0.4, -0.2) is 16.4 Å². The minimum absolute atomic E-state index is 0. The lowest BCUT2D eigenvalue weighted by molar-refractivity contribution is -0.109. The molecule has 17 heavy (non-hydrogen) atoms. The summed E-state index contributed by atoms with van der Waals surface area (Å²) < 4.78 is 0. The van der Waals surface area contributed by atoms with Gasteiger partial charge in [-0.2, -0.15) is 0 Å². The van der Waals surface area contributed by atoms with E-state index in [9.17, 15) is 4.79 Å². The maximum atomic E-state index is 9.91. The third kappa shape index (κ3) is 7.38. The Labute approximate surface area is 111 Å². The number of carbonyl (C=O) groups is 1. The van der Waals surface area contributed by atoms with Gasteiger partial charge in [0.2, 0.25) is 6.41 Å². The molecule has 0 radical (unpaired) electrons. The number of aromatic nitrogens is 2. The average molecular weight is 274 g/mol. The lowest BCUT2D eigenvalue weighted by atomic mass is 10.2. The predicted molar refractivity (Wildman–Crippen MR) is 70.2 cm³/mol. The number of H-pyrrole nitrogens is 1. The number of nitrogens with one attached hydrogen (secondary N) is 2. The van der Waals surface area contributed by atoms with E-state index < -0.39 is 0 Å². The number of nitrogens with zero attached hydrogens (tertiary/aromatic N) is 1. The second kappa shape index (κ2) is 9.69. The zero-order chi connectivity index (χ0) is 11.6. The molecule has 0 aliphatic rings. The van der Waals surface area contributed by atoms with Crippen molar-refractivity contribution in [3.63, 3.8) is 0 Å². The second-order valence-electron chi connectivity index (χ2n) is 2.89. The Hall–Kier alpha value is -1.52. The minimum atomic E-state index is 0. The van der Waals surface area contributed by atoms with Crippen LogP contribution in [0.5, 0.6) is 0 Å². The van der Waals surface area contributed by atoms with Gasteiger partial charge in [-0.05, 0) is 17.7 Å². The summed E-state index contributed by atoms with van der Waals surface area (Å²) in [7, 11) is 0. The molecule has 4 nitrogen and oxygen atoms in total. The van der Waals surface area contributed by atoms with Crippen LogP contribution >= 0.6 is 24.0 Å². The fourth-order valence-corrected chi connectivity index (χ4v) is 1.10. The molecule has 6 heteroatoms. The normalized spacial score (nSPS) is 8.29. The summed E-state index contributed by atoms with van der Waals surface area (Å²) >= 11 is 5.66. The van der Waals surface area contributed by atoms with Gasteiger partial charge in [0.05, 0.1) is 6.33 Å². The molecule has 0 spiro atoms. The van der Waals surface area contributed by atoms with E-state index >= 15 is 0 Å². The second-order valence-corrected chi connectivity index (χ2v) is 3.32. The van der Waals surface area contributed by atoms with Crippen molar-refractivity contribution in [1.29, 1.82) is 0 Å². The van der Waals surface area contributed by atoms with Gasteiger partial charge in [0.15, 0.2) is 0 Å². The summed E-state index contributed by atoms with van der Waals surface area (Å²) in [5.74, 6) is 0. The van der Waals surface area contributed by atoms with Gasteiger partial charge in [0.25, 0.3) is 0 Å². The molecule has 1 heterocycles. The van der Waals surface area contributed by atoms with Crippen molar-refractivity contribution in [2.75, 3.05) is 0 Å². The molecule has 2 N–H and O–H groups in total. The maximum Gasteiger partial charge on any atom is 0.207 e. The molecule has 0 saturated heterocycles. The van der Waals surface area contributed by atoms with Gasteiger partial charge >= 0.3 is 0 Å². The first kappa shape index (κ1) is 15.5. The first-order valence-corrected chi connectivity index (χ1v) is 5.05. The summed E-state index contributed by atoms with van der Waals surface area (Å²) in [4.78, 5) is 16.3. The highest BCUT2D eigenvalue weighted by atomic mass is 35.5. The first-order valence-electron chi connectivity index (χ1n) is 4.67. The lowest BCUT2D eigenvalue weighted by Gasteiger charge is -1.98. The molecule has 1 amide bonds. The van der Waals surface area contributed by atoms with Crippen LogP contribution in [0.2, 0.25) is 5.02 Å². The largest absolute Gasteiger partial charge is 0.355 e. The smallest absolute Gasteiger partial charge is 0.207 e. The van der Waals surface area contributed by atoms with E-state index in [0.717, 1.165) is 5.56 Å². The quantitative estimate of drug-likeness (QED) is 0.844. The number of halogens is 2. The molecule has 0 unspecified atom stereocenters. The Bertz CT molecular complexity index is 372. The van der Waals surface area contributed by atoms with Gasteiger partial charge in [-0.25, -0.2) is 4.98 Å². The highest BCUT2D eigenvalue weighted by Gasteiger charge is 1.89. The van der Waals surface area contributed by atoms with Crippen molar-refractivity contribution < 1.29 is 4.79 Å². The zero-order valence-corrected chi connectivity index (χ0v) is 10.5. The molecule has 0 saturated carbocycles. The monoisotopic (exact) mass is 273 g/mol. The van der Waals surface area contributed by atoms with Crippen LogP contribution in [-0.2, 0) is 11.3 Å². The van der Waals surface area contributed by atoms with Gasteiger partial charge in [-0.3, -0.25) is 4.79 Å². The molecule has 0 atom stereocenters. The Balaban J connectivity index is 0.000000360. The van der Waals surface area contributed by atoms with Crippen LogP contribution < -0.4 is 5.32 Å². The van der Waals surface area contributed by atoms with Crippen molar-refractivity contribution in [3.05, 3.63) is 53.6 Å². The third-order valence-corrected chi connectivity index (χ3v) is 1.96. The van der Waals surface area contributed by atoms with Crippen LogP contribution in [0.1, 0.15) is 5.56 Å². The molecule has 92 valence electrons. The van der Waals surface area contributed by atoms with Gasteiger partial charge in [0.1, 0.15) is 0 Å². The zero-order valence-electron chi connectivity index (χ0n) is 8.97. The van der Waals surface area contributed by atoms with Crippen LogP contribution in [0.15, 0.2) is 43.0 Å². The fraction of sp³-hybridized carbons (Fsp3) is 0.0909. The summed E-state index contributed by atoms with van der Waals surface area (Å²) in [5.41, 5.74) is 1.04. The molecule has 0 bridgehead atoms. The minimum Gasteiger partial charge on any atom is -0.355 e. The Morgan fingerprint density at radius 2 is 2.06 bits per heavy atom. The van der Waals surface area contributed by atoms with Crippen molar-refractivity contribution in [3.8, 4) is 0 Å². The number of amides is 1. The highest BCUT2D eigenvalue weighted by molar-refractivity contribution is 6.30. The summed E-state index contributed by atoms with van der Waals surface area (Å²) in [6, 6.07) is 7.34. The molecule has 2 rings (SSSR count). The van der Waals surface area contributed by atoms with Gasteiger partial charge in [-0.1, -0.05) is 23.7 Å². The molecule has 2 aromatic rings. The molecular formula is C11H13Cl2N3O. The number of aromatic amines is 1. The van der Waals surface area contributed by atoms with Crippen LogP contribution in [0.3, 0.4) is 0 Å². The predicted octanol–water partition coefficient (Wildman–Crippen LogP) is 2.42.